The van der Waals surface area contributed by atoms with E-state index < -0.39 is 31.0 Å². The number of hydrogen-bond donors (Lipinski definition) is 8. The summed E-state index contributed by atoms with van der Waals surface area (Å²) in [4.78, 5) is 30.4. The third kappa shape index (κ3) is 10.9. The first-order chi connectivity index (χ1) is 23.1. The first-order valence-electron chi connectivity index (χ1n) is 17.7. The third-order valence-corrected chi connectivity index (χ3v) is 10.4. The van der Waals surface area contributed by atoms with Crippen LogP contribution in [0.1, 0.15) is 80.1 Å². The van der Waals surface area contributed by atoms with Crippen molar-refractivity contribution < 1.29 is 39.9 Å². The summed E-state index contributed by atoms with van der Waals surface area (Å²) >= 11 is 6.32. The molecule has 2 amide bonds. The van der Waals surface area contributed by atoms with Gasteiger partial charge in [-0.15, -0.1) is 0 Å². The predicted molar refractivity (Wildman–Crippen MR) is 183 cm³/mol. The summed E-state index contributed by atoms with van der Waals surface area (Å²) in [6.07, 6.45) is 4.05. The van der Waals surface area contributed by atoms with Gasteiger partial charge in [-0.1, -0.05) is 30.9 Å². The number of carbonyl (C=O) groups excluding carboxylic acids is 2. The number of unbranched alkanes of at least 4 members (excludes halogenated alkanes) is 3. The van der Waals surface area contributed by atoms with Gasteiger partial charge in [0.1, 0.15) is 24.1 Å². The van der Waals surface area contributed by atoms with Gasteiger partial charge < -0.3 is 51.5 Å². The summed E-state index contributed by atoms with van der Waals surface area (Å²) in [5.41, 5.74) is 7.90. The molecule has 5 unspecified atom stereocenters. The zero-order valence-electron chi connectivity index (χ0n) is 28.0. The van der Waals surface area contributed by atoms with Crippen molar-refractivity contribution >= 4 is 29.1 Å². The summed E-state index contributed by atoms with van der Waals surface area (Å²) < 4.78 is 5.73. The Morgan fingerprint density at radius 2 is 1.71 bits per heavy atom. The topological polar surface area (TPSA) is 201 Å². The Balaban J connectivity index is 1.07. The van der Waals surface area contributed by atoms with Gasteiger partial charge in [-0.2, -0.15) is 0 Å². The van der Waals surface area contributed by atoms with E-state index in [0.717, 1.165) is 70.4 Å². The highest BCUT2D eigenvalue weighted by molar-refractivity contribution is 6.33. The predicted octanol–water partition coefficient (Wildman–Crippen LogP) is 0.656. The Labute approximate surface area is 288 Å². The summed E-state index contributed by atoms with van der Waals surface area (Å²) in [5, 5.41) is 53.7. The molecular formula is C34H56ClN5O8. The number of nitrogens with two attached hydrogens (primary N) is 1. The van der Waals surface area contributed by atoms with Crippen LogP contribution in [-0.4, -0.2) is 137 Å². The number of anilines is 1. The molecule has 0 aromatic heterocycles. The Morgan fingerprint density at radius 3 is 2.46 bits per heavy atom. The van der Waals surface area contributed by atoms with Crippen LogP contribution in [-0.2, 0) is 11.2 Å². The summed E-state index contributed by atoms with van der Waals surface area (Å²) in [6, 6.07) is 1.94. The standard InChI is InChI=1S/C34H56ClN5O8/c35-26-17-25(33-24(30(26)36)11-16-48-33)34(47)38-18-23-7-4-6-13-40(23)20-22-9-14-39(15-10-22)12-5-2-1-3-8-29(44)37-19-27(42)31(45)32(46)28(43)21-41/h17,22-23,27-28,31-32,41-43,45-46H,1-16,18-21,36H2,(H,37,44)(H,38,47). The molecule has 3 aliphatic heterocycles. The van der Waals surface area contributed by atoms with Crippen LogP contribution in [0.4, 0.5) is 5.69 Å². The second-order valence-corrected chi connectivity index (χ2v) is 14.0. The molecule has 0 aliphatic carbocycles. The molecule has 9 N–H and O–H groups in total. The molecule has 0 bridgehead atoms. The van der Waals surface area contributed by atoms with E-state index in [9.17, 15) is 30.0 Å². The molecule has 1 aromatic rings. The molecule has 2 saturated heterocycles. The van der Waals surface area contributed by atoms with Gasteiger partial charge in [0.05, 0.1) is 35.6 Å². The van der Waals surface area contributed by atoms with Crippen LogP contribution in [0.2, 0.25) is 5.02 Å². The van der Waals surface area contributed by atoms with Crippen molar-refractivity contribution in [2.75, 3.05) is 64.8 Å². The van der Waals surface area contributed by atoms with E-state index in [-0.39, 0.29) is 18.4 Å². The minimum Gasteiger partial charge on any atom is -0.492 e. The van der Waals surface area contributed by atoms with Crippen LogP contribution >= 0.6 is 11.6 Å². The molecule has 0 saturated carbocycles. The lowest BCUT2D eigenvalue weighted by Crippen LogP contribution is -2.49. The van der Waals surface area contributed by atoms with Crippen molar-refractivity contribution in [2.24, 2.45) is 5.92 Å². The van der Waals surface area contributed by atoms with Crippen LogP contribution in [0.3, 0.4) is 0 Å². The van der Waals surface area contributed by atoms with Crippen molar-refractivity contribution in [1.29, 1.82) is 0 Å². The van der Waals surface area contributed by atoms with E-state index in [1.165, 1.54) is 25.7 Å². The molecule has 3 aliphatic rings. The molecule has 2 fully saturated rings. The number of likely N-dealkylation sites (tertiary alicyclic amines) is 2. The number of nitrogens with one attached hydrogen (secondary N) is 2. The van der Waals surface area contributed by atoms with Gasteiger partial charge in [-0.05, 0) is 76.7 Å². The molecule has 48 heavy (non-hydrogen) atoms. The second-order valence-electron chi connectivity index (χ2n) is 13.6. The molecule has 5 atom stereocenters. The highest BCUT2D eigenvalue weighted by Gasteiger charge is 2.31. The van der Waals surface area contributed by atoms with Crippen LogP contribution in [0.5, 0.6) is 5.75 Å². The Morgan fingerprint density at radius 1 is 0.979 bits per heavy atom. The molecule has 0 radical (unpaired) electrons. The van der Waals surface area contributed by atoms with Crippen LogP contribution in [0.15, 0.2) is 6.07 Å². The van der Waals surface area contributed by atoms with Crippen molar-refractivity contribution in [2.45, 2.75) is 101 Å². The van der Waals surface area contributed by atoms with E-state index in [1.807, 2.05) is 0 Å². The smallest absolute Gasteiger partial charge is 0.255 e. The van der Waals surface area contributed by atoms with Gasteiger partial charge in [-0.25, -0.2) is 0 Å². The lowest BCUT2D eigenvalue weighted by molar-refractivity contribution is -0.126. The molecule has 272 valence electrons. The zero-order chi connectivity index (χ0) is 34.6. The number of nitrogens with zero attached hydrogens (tertiary/aromatic N) is 2. The Kier molecular flexibility index (Phi) is 15.5. The molecule has 14 heteroatoms. The van der Waals surface area contributed by atoms with Gasteiger partial charge in [0.25, 0.3) is 5.91 Å². The quantitative estimate of drug-likeness (QED) is 0.0791. The lowest BCUT2D eigenvalue weighted by atomic mass is 9.93. The second kappa shape index (κ2) is 19.2. The van der Waals surface area contributed by atoms with Crippen LogP contribution < -0.4 is 21.1 Å². The fraction of sp³-hybridized carbons (Fsp3) is 0.765. The Hall–Kier alpha value is -2.23. The zero-order valence-corrected chi connectivity index (χ0v) is 28.8. The SMILES string of the molecule is Nc1c(Cl)cc(C(=O)NCC2CCCCN2CC2CCN(CCCCCCC(=O)NCC(O)C(O)C(O)C(O)CO)CC2)c2c1CCO2. The highest BCUT2D eigenvalue weighted by Crippen LogP contribution is 2.38. The van der Waals surface area contributed by atoms with Gasteiger partial charge >= 0.3 is 0 Å². The molecule has 13 nitrogen and oxygen atoms in total. The van der Waals surface area contributed by atoms with E-state index in [0.29, 0.717) is 60.0 Å². The number of fused-ring (bicyclic) bond motifs is 1. The van der Waals surface area contributed by atoms with Crippen molar-refractivity contribution in [3.63, 3.8) is 0 Å². The number of nitrogen functional groups attached to an aromatic ring is 1. The summed E-state index contributed by atoms with van der Waals surface area (Å²) in [5.74, 6) is 0.800. The number of rotatable bonds is 18. The number of halogens is 1. The number of aliphatic hydroxyl groups is 5. The number of aliphatic hydroxyl groups excluding tert-OH is 5. The molecule has 1 aromatic carbocycles. The van der Waals surface area contributed by atoms with E-state index in [2.05, 4.69) is 20.4 Å². The Bertz CT molecular complexity index is 1190. The first-order valence-corrected chi connectivity index (χ1v) is 18.0. The van der Waals surface area contributed by atoms with Gasteiger partial charge in [0, 0.05) is 44.1 Å². The van der Waals surface area contributed by atoms with Crippen molar-refractivity contribution in [1.82, 2.24) is 20.4 Å². The first kappa shape index (κ1) is 38.6. The maximum atomic E-state index is 13.2. The number of amides is 2. The minimum atomic E-state index is -1.71. The number of hydrogen-bond acceptors (Lipinski definition) is 11. The largest absolute Gasteiger partial charge is 0.492 e. The summed E-state index contributed by atoms with van der Waals surface area (Å²) in [6.45, 7) is 5.45. The fourth-order valence-electron chi connectivity index (χ4n) is 7.06. The van der Waals surface area contributed by atoms with Gasteiger partial charge in [0.2, 0.25) is 5.91 Å². The maximum Gasteiger partial charge on any atom is 0.255 e. The minimum absolute atomic E-state index is 0.164. The molecule has 4 rings (SSSR count). The van der Waals surface area contributed by atoms with E-state index >= 15 is 0 Å². The average molecular weight is 698 g/mol. The van der Waals surface area contributed by atoms with Crippen LogP contribution in [0, 0.1) is 5.92 Å². The normalized spacial score (nSPS) is 21.6. The number of benzene rings is 1. The van der Waals surface area contributed by atoms with Crippen molar-refractivity contribution in [3.05, 3.63) is 22.2 Å². The van der Waals surface area contributed by atoms with Crippen molar-refractivity contribution in [3.8, 4) is 5.75 Å². The molecule has 3 heterocycles. The third-order valence-electron chi connectivity index (χ3n) is 10.1. The van der Waals surface area contributed by atoms with Crippen LogP contribution in [0.25, 0.3) is 0 Å². The number of piperidine rings is 2. The molecular weight excluding hydrogens is 642 g/mol. The fourth-order valence-corrected chi connectivity index (χ4v) is 7.29. The van der Waals surface area contributed by atoms with E-state index in [1.54, 1.807) is 6.07 Å². The van der Waals surface area contributed by atoms with Gasteiger partial charge in [-0.3, -0.25) is 14.5 Å². The maximum absolute atomic E-state index is 13.2. The highest BCUT2D eigenvalue weighted by atomic mass is 35.5. The van der Waals surface area contributed by atoms with E-state index in [4.69, 9.17) is 27.2 Å². The monoisotopic (exact) mass is 697 g/mol. The number of carbonyl (C=O) groups is 2. The summed E-state index contributed by atoms with van der Waals surface area (Å²) in [7, 11) is 0. The van der Waals surface area contributed by atoms with Gasteiger partial charge in [0.15, 0.2) is 0 Å². The lowest BCUT2D eigenvalue weighted by Gasteiger charge is -2.40. The molecule has 0 spiro atoms. The average Bonchev–Trinajstić information content (AvgIpc) is 3.60. The number of ether oxygens (including phenoxy) is 1.